The Morgan fingerprint density at radius 3 is 2.88 bits per heavy atom. The van der Waals surface area contributed by atoms with E-state index in [4.69, 9.17) is 4.74 Å². The summed E-state index contributed by atoms with van der Waals surface area (Å²) in [5, 5.41) is 13.7. The van der Waals surface area contributed by atoms with Crippen LogP contribution in [0.15, 0.2) is 30.9 Å². The fourth-order valence-electron chi connectivity index (χ4n) is 1.23. The van der Waals surface area contributed by atoms with Crippen molar-refractivity contribution >= 4 is 11.4 Å². The van der Waals surface area contributed by atoms with Crippen molar-refractivity contribution in [2.24, 2.45) is 0 Å². The van der Waals surface area contributed by atoms with E-state index in [1.807, 2.05) is 6.92 Å². The summed E-state index contributed by atoms with van der Waals surface area (Å²) in [5.74, 6) is 0.463. The second kappa shape index (κ2) is 5.75. The molecule has 0 radical (unpaired) electrons. The molecule has 1 rings (SSSR count). The maximum atomic E-state index is 10.7. The molecular weight excluding hydrogens is 208 g/mol. The molecule has 0 atom stereocenters. The van der Waals surface area contributed by atoms with Crippen LogP contribution < -0.4 is 10.1 Å². The Labute approximate surface area is 93.9 Å². The van der Waals surface area contributed by atoms with Gasteiger partial charge in [0.2, 0.25) is 0 Å². The van der Waals surface area contributed by atoms with Crippen LogP contribution in [0.4, 0.5) is 11.4 Å². The average Bonchev–Trinajstić information content (AvgIpc) is 2.26. The van der Waals surface area contributed by atoms with Gasteiger partial charge in [-0.3, -0.25) is 10.1 Å². The van der Waals surface area contributed by atoms with Crippen molar-refractivity contribution in [2.75, 3.05) is 18.5 Å². The number of hydrogen-bond acceptors (Lipinski definition) is 4. The molecule has 0 fully saturated rings. The molecule has 0 unspecified atom stereocenters. The van der Waals surface area contributed by atoms with E-state index in [2.05, 4.69) is 11.9 Å². The third-order valence-corrected chi connectivity index (χ3v) is 1.85. The molecule has 1 aromatic rings. The van der Waals surface area contributed by atoms with Crippen molar-refractivity contribution in [1.82, 2.24) is 0 Å². The molecule has 0 spiro atoms. The normalized spacial score (nSPS) is 9.56. The molecule has 0 heterocycles. The van der Waals surface area contributed by atoms with Gasteiger partial charge in [0.15, 0.2) is 0 Å². The fourth-order valence-corrected chi connectivity index (χ4v) is 1.23. The monoisotopic (exact) mass is 222 g/mol. The quantitative estimate of drug-likeness (QED) is 0.456. The number of ether oxygens (including phenoxy) is 1. The molecule has 0 aromatic heterocycles. The van der Waals surface area contributed by atoms with Gasteiger partial charge in [0.1, 0.15) is 12.4 Å². The van der Waals surface area contributed by atoms with Crippen LogP contribution in [0.2, 0.25) is 0 Å². The van der Waals surface area contributed by atoms with Crippen molar-refractivity contribution in [1.29, 1.82) is 0 Å². The van der Waals surface area contributed by atoms with Crippen LogP contribution in [-0.2, 0) is 0 Å². The number of nitro groups is 1. The van der Waals surface area contributed by atoms with Crippen LogP contribution in [0.5, 0.6) is 5.75 Å². The number of nitrogens with zero attached hydrogens (tertiary/aromatic N) is 1. The summed E-state index contributed by atoms with van der Waals surface area (Å²) < 4.78 is 5.27. The summed E-state index contributed by atoms with van der Waals surface area (Å²) in [5.41, 5.74) is 0.688. The summed E-state index contributed by atoms with van der Waals surface area (Å²) in [6, 6.07) is 4.59. The Balaban J connectivity index is 2.97. The maximum Gasteiger partial charge on any atom is 0.275 e. The molecule has 5 heteroatoms. The van der Waals surface area contributed by atoms with Crippen LogP contribution in [0.25, 0.3) is 0 Å². The van der Waals surface area contributed by atoms with Gasteiger partial charge in [0.25, 0.3) is 5.69 Å². The minimum atomic E-state index is -0.443. The Morgan fingerprint density at radius 1 is 1.56 bits per heavy atom. The Bertz CT molecular complexity index is 391. The second-order valence-corrected chi connectivity index (χ2v) is 3.10. The van der Waals surface area contributed by atoms with E-state index >= 15 is 0 Å². The lowest BCUT2D eigenvalue weighted by molar-refractivity contribution is -0.384. The number of nitro benzene ring substituents is 1. The molecule has 86 valence electrons. The van der Waals surface area contributed by atoms with Crippen molar-refractivity contribution in [3.8, 4) is 5.75 Å². The minimum Gasteiger partial charge on any atom is -0.489 e. The molecule has 0 bridgehead atoms. The van der Waals surface area contributed by atoms with Gasteiger partial charge in [-0.05, 0) is 6.92 Å². The summed E-state index contributed by atoms with van der Waals surface area (Å²) in [6.45, 7) is 6.46. The van der Waals surface area contributed by atoms with Crippen molar-refractivity contribution in [2.45, 2.75) is 6.92 Å². The van der Waals surface area contributed by atoms with Gasteiger partial charge >= 0.3 is 0 Å². The Hall–Kier alpha value is -2.04. The van der Waals surface area contributed by atoms with Gasteiger partial charge in [-0.1, -0.05) is 12.7 Å². The maximum absolute atomic E-state index is 10.7. The lowest BCUT2D eigenvalue weighted by atomic mass is 10.2. The van der Waals surface area contributed by atoms with Crippen molar-refractivity contribution in [3.05, 3.63) is 41.0 Å². The lowest BCUT2D eigenvalue weighted by Gasteiger charge is -2.07. The average molecular weight is 222 g/mol. The van der Waals surface area contributed by atoms with Gasteiger partial charge in [-0.15, -0.1) is 0 Å². The summed E-state index contributed by atoms with van der Waals surface area (Å²) in [4.78, 5) is 10.2. The predicted molar refractivity (Wildman–Crippen MR) is 63.0 cm³/mol. The third kappa shape index (κ3) is 3.27. The van der Waals surface area contributed by atoms with E-state index in [-0.39, 0.29) is 5.69 Å². The van der Waals surface area contributed by atoms with Crippen LogP contribution in [-0.4, -0.2) is 18.1 Å². The number of hydrogen-bond donors (Lipinski definition) is 1. The van der Waals surface area contributed by atoms with E-state index in [0.29, 0.717) is 24.6 Å². The lowest BCUT2D eigenvalue weighted by Crippen LogP contribution is -2.00. The molecular formula is C11H14N2O3. The SMILES string of the molecule is C=CCOc1cc(NCC)cc([N+](=O)[O-])c1. The van der Waals surface area contributed by atoms with Gasteiger partial charge in [0, 0.05) is 24.4 Å². The molecule has 1 N–H and O–H groups in total. The topological polar surface area (TPSA) is 64.4 Å². The van der Waals surface area contributed by atoms with E-state index in [0.717, 1.165) is 0 Å². The molecule has 0 aliphatic heterocycles. The second-order valence-electron chi connectivity index (χ2n) is 3.10. The highest BCUT2D eigenvalue weighted by molar-refractivity contribution is 5.56. The number of nitrogens with one attached hydrogen (secondary N) is 1. The van der Waals surface area contributed by atoms with Gasteiger partial charge in [-0.2, -0.15) is 0 Å². The molecule has 5 nitrogen and oxygen atoms in total. The van der Waals surface area contributed by atoms with Crippen molar-refractivity contribution in [3.63, 3.8) is 0 Å². The number of anilines is 1. The van der Waals surface area contributed by atoms with E-state index in [1.54, 1.807) is 12.1 Å². The molecule has 0 amide bonds. The summed E-state index contributed by atoms with van der Waals surface area (Å²) in [6.07, 6.45) is 1.59. The standard InChI is InChI=1S/C11H14N2O3/c1-3-5-16-11-7-9(12-4-2)6-10(8-11)13(14)15/h3,6-8,12H,1,4-5H2,2H3. The minimum absolute atomic E-state index is 0.0116. The first-order valence-electron chi connectivity index (χ1n) is 4.94. The Kier molecular flexibility index (Phi) is 4.32. The number of benzene rings is 1. The van der Waals surface area contributed by atoms with E-state index < -0.39 is 4.92 Å². The smallest absolute Gasteiger partial charge is 0.275 e. The molecule has 0 saturated carbocycles. The van der Waals surface area contributed by atoms with Crippen LogP contribution in [0.1, 0.15) is 6.92 Å². The highest BCUT2D eigenvalue weighted by atomic mass is 16.6. The highest BCUT2D eigenvalue weighted by Crippen LogP contribution is 2.25. The van der Waals surface area contributed by atoms with Crippen molar-refractivity contribution < 1.29 is 9.66 Å². The first kappa shape index (κ1) is 12.0. The first-order valence-corrected chi connectivity index (χ1v) is 4.94. The molecule has 16 heavy (non-hydrogen) atoms. The number of rotatable bonds is 6. The van der Waals surface area contributed by atoms with Gasteiger partial charge in [0.05, 0.1) is 11.0 Å². The third-order valence-electron chi connectivity index (χ3n) is 1.85. The van der Waals surface area contributed by atoms with Gasteiger partial charge in [-0.25, -0.2) is 0 Å². The van der Waals surface area contributed by atoms with E-state index in [9.17, 15) is 10.1 Å². The molecule has 0 saturated heterocycles. The largest absolute Gasteiger partial charge is 0.489 e. The molecule has 0 aliphatic rings. The van der Waals surface area contributed by atoms with Gasteiger partial charge < -0.3 is 10.1 Å². The van der Waals surface area contributed by atoms with Crippen LogP contribution >= 0.6 is 0 Å². The highest BCUT2D eigenvalue weighted by Gasteiger charge is 2.09. The predicted octanol–water partition coefficient (Wildman–Crippen LogP) is 2.59. The Morgan fingerprint density at radius 2 is 2.31 bits per heavy atom. The summed E-state index contributed by atoms with van der Waals surface area (Å²) in [7, 11) is 0. The fraction of sp³-hybridized carbons (Fsp3) is 0.273. The van der Waals surface area contributed by atoms with Crippen LogP contribution in [0.3, 0.4) is 0 Å². The zero-order valence-corrected chi connectivity index (χ0v) is 9.10. The number of non-ortho nitro benzene ring substituents is 1. The van der Waals surface area contributed by atoms with Crippen LogP contribution in [0, 0.1) is 10.1 Å². The zero-order valence-electron chi connectivity index (χ0n) is 9.10. The first-order chi connectivity index (χ1) is 7.67. The zero-order chi connectivity index (χ0) is 12.0. The molecule has 0 aliphatic carbocycles. The summed E-state index contributed by atoms with van der Waals surface area (Å²) >= 11 is 0. The van der Waals surface area contributed by atoms with E-state index in [1.165, 1.54) is 12.1 Å². The molecule has 1 aromatic carbocycles.